The highest BCUT2D eigenvalue weighted by molar-refractivity contribution is 8.07. The van der Waals surface area contributed by atoms with E-state index in [2.05, 4.69) is 11.8 Å². The van der Waals surface area contributed by atoms with Crippen molar-refractivity contribution in [3.63, 3.8) is 0 Å². The summed E-state index contributed by atoms with van der Waals surface area (Å²) in [6.07, 6.45) is 10.0. The second-order valence-corrected chi connectivity index (χ2v) is 4.83. The molecule has 0 fully saturated rings. The Hall–Kier alpha value is -0.350. The predicted molar refractivity (Wildman–Crippen MR) is 55.5 cm³/mol. The van der Waals surface area contributed by atoms with Crippen LogP contribution in [-0.2, 0) is 25.4 Å². The van der Waals surface area contributed by atoms with Gasteiger partial charge in [-0.05, 0) is 18.7 Å². The summed E-state index contributed by atoms with van der Waals surface area (Å²) in [6.45, 7) is -0.361. The van der Waals surface area contributed by atoms with Crippen LogP contribution in [0, 0.1) is 24.7 Å². The molecule has 0 N–H and O–H groups in total. The molecule has 3 nitrogen and oxygen atoms in total. The molecule has 0 aliphatic rings. The Bertz CT molecular complexity index is 242. The molecule has 0 spiro atoms. The Balaban J connectivity index is 4.11. The lowest BCUT2D eigenvalue weighted by Gasteiger charge is -2.18. The molecule has 5 heteroatoms. The van der Waals surface area contributed by atoms with Gasteiger partial charge in [0.15, 0.2) is 0 Å². The number of rotatable bonds is 6. The second kappa shape index (κ2) is 7.09. The molecule has 0 aromatic heterocycles. The first kappa shape index (κ1) is 12.7. The minimum atomic E-state index is -2.70. The number of hydrogen-bond acceptors (Lipinski definition) is 4. The minimum absolute atomic E-state index is 0.0713. The van der Waals surface area contributed by atoms with Gasteiger partial charge in [0.1, 0.15) is 13.2 Å². The molecular weight excluding hydrogens is 207 g/mol. The highest BCUT2D eigenvalue weighted by Crippen LogP contribution is 2.49. The fourth-order valence-electron chi connectivity index (χ4n) is 0.503. The van der Waals surface area contributed by atoms with Crippen LogP contribution in [-0.4, -0.2) is 19.8 Å². The molecule has 0 atom stereocenters. The summed E-state index contributed by atoms with van der Waals surface area (Å²) in [5.74, 6) is 4.57. The normalized spacial score (nSPS) is 10.4. The Kier molecular flexibility index (Phi) is 6.90. The molecule has 13 heavy (non-hydrogen) atoms. The van der Waals surface area contributed by atoms with Crippen molar-refractivity contribution >= 4 is 18.5 Å². The maximum Gasteiger partial charge on any atom is 0.329 e. The monoisotopic (exact) mass is 218 g/mol. The Morgan fingerprint density at radius 3 is 1.92 bits per heavy atom. The zero-order valence-corrected chi connectivity index (χ0v) is 9.07. The van der Waals surface area contributed by atoms with Gasteiger partial charge in [-0.25, -0.2) is 0 Å². The van der Waals surface area contributed by atoms with E-state index in [4.69, 9.17) is 38.2 Å². The summed E-state index contributed by atoms with van der Waals surface area (Å²) < 4.78 is 15.3. The van der Waals surface area contributed by atoms with Crippen LogP contribution in [0.4, 0.5) is 0 Å². The zero-order valence-electron chi connectivity index (χ0n) is 7.36. The van der Waals surface area contributed by atoms with Crippen LogP contribution < -0.4 is 0 Å². The van der Waals surface area contributed by atoms with E-state index in [0.717, 1.165) is 0 Å². The Morgan fingerprint density at radius 1 is 1.15 bits per heavy atom. The predicted octanol–water partition coefficient (Wildman–Crippen LogP) is 1.55. The van der Waals surface area contributed by atoms with Crippen LogP contribution in [0.3, 0.4) is 0 Å². The lowest BCUT2D eigenvalue weighted by molar-refractivity contribution is 0.188. The summed E-state index contributed by atoms with van der Waals surface area (Å²) in [5, 5.41) is 0. The van der Waals surface area contributed by atoms with Crippen molar-refractivity contribution in [3.05, 3.63) is 0 Å². The molecule has 0 radical (unpaired) electrons. The average Bonchev–Trinajstić information content (AvgIpc) is 2.12. The third-order valence-electron chi connectivity index (χ3n) is 0.899. The summed E-state index contributed by atoms with van der Waals surface area (Å²) in [6, 6.07) is 0. The molecule has 0 saturated heterocycles. The van der Waals surface area contributed by atoms with Crippen molar-refractivity contribution in [3.8, 4) is 24.7 Å². The van der Waals surface area contributed by atoms with Gasteiger partial charge >= 0.3 is 6.72 Å². The first-order valence-corrected chi connectivity index (χ1v) is 6.14. The molecule has 0 aromatic carbocycles. The van der Waals surface area contributed by atoms with E-state index in [1.807, 2.05) is 0 Å². The lowest BCUT2D eigenvalue weighted by Crippen LogP contribution is -2.00. The van der Waals surface area contributed by atoms with Crippen molar-refractivity contribution in [2.75, 3.05) is 19.8 Å². The quantitative estimate of drug-likeness (QED) is 0.499. The molecule has 0 aromatic rings. The van der Waals surface area contributed by atoms with E-state index in [1.54, 1.807) is 6.92 Å². The van der Waals surface area contributed by atoms with Crippen molar-refractivity contribution in [1.29, 1.82) is 0 Å². The zero-order chi connectivity index (χ0) is 10.2. The highest BCUT2D eigenvalue weighted by Gasteiger charge is 2.18. The van der Waals surface area contributed by atoms with Gasteiger partial charge in [0.2, 0.25) is 0 Å². The lowest BCUT2D eigenvalue weighted by atomic mass is 10.8. The van der Waals surface area contributed by atoms with Crippen molar-refractivity contribution in [2.24, 2.45) is 0 Å². The van der Waals surface area contributed by atoms with Crippen LogP contribution in [0.1, 0.15) is 6.92 Å². The van der Waals surface area contributed by atoms with Crippen LogP contribution in [0.5, 0.6) is 0 Å². The van der Waals surface area contributed by atoms with Crippen LogP contribution in [0.25, 0.3) is 0 Å². The maximum atomic E-state index is 5.12. The van der Waals surface area contributed by atoms with E-state index in [1.165, 1.54) is 0 Å². The Morgan fingerprint density at radius 2 is 1.62 bits per heavy atom. The highest BCUT2D eigenvalue weighted by atomic mass is 32.5. The summed E-state index contributed by atoms with van der Waals surface area (Å²) >= 11 is 4.99. The topological polar surface area (TPSA) is 27.7 Å². The first-order valence-electron chi connectivity index (χ1n) is 3.59. The van der Waals surface area contributed by atoms with E-state index in [0.29, 0.717) is 6.61 Å². The maximum absolute atomic E-state index is 5.12. The SMILES string of the molecule is C#CCOP(=S)(OCC)OCC#C. The van der Waals surface area contributed by atoms with Gasteiger partial charge in [0, 0.05) is 0 Å². The molecule has 0 unspecified atom stereocenters. The summed E-state index contributed by atoms with van der Waals surface area (Å²) in [5.41, 5.74) is 0. The van der Waals surface area contributed by atoms with Crippen molar-refractivity contribution in [2.45, 2.75) is 6.92 Å². The second-order valence-electron chi connectivity index (χ2n) is 1.82. The Labute approximate surface area is 84.0 Å². The fourth-order valence-corrected chi connectivity index (χ4v) is 2.14. The molecule has 0 rings (SSSR count). The standard InChI is InChI=1S/C8H11O3PS/c1-4-7-10-12(13,9-6-3)11-8-5-2/h1-2H,6-8H2,3H3. The van der Waals surface area contributed by atoms with Gasteiger partial charge in [-0.1, -0.05) is 11.8 Å². The molecule has 0 saturated carbocycles. The van der Waals surface area contributed by atoms with Crippen LogP contribution in [0.15, 0.2) is 0 Å². The molecule has 0 bridgehead atoms. The molecule has 0 heterocycles. The van der Waals surface area contributed by atoms with Gasteiger partial charge in [-0.2, -0.15) is 0 Å². The largest absolute Gasteiger partial charge is 0.329 e. The van der Waals surface area contributed by atoms with E-state index >= 15 is 0 Å². The third-order valence-corrected chi connectivity index (χ3v) is 3.31. The number of hydrogen-bond donors (Lipinski definition) is 0. The first-order chi connectivity index (χ1) is 6.18. The number of terminal acetylenes is 2. The fraction of sp³-hybridized carbons (Fsp3) is 0.500. The molecule has 0 amide bonds. The van der Waals surface area contributed by atoms with Gasteiger partial charge in [-0.3, -0.25) is 9.05 Å². The van der Waals surface area contributed by atoms with Crippen LogP contribution in [0.2, 0.25) is 0 Å². The van der Waals surface area contributed by atoms with Gasteiger partial charge in [0.25, 0.3) is 0 Å². The van der Waals surface area contributed by atoms with Crippen molar-refractivity contribution < 1.29 is 13.6 Å². The minimum Gasteiger partial charge on any atom is -0.309 e. The third kappa shape index (κ3) is 5.82. The van der Waals surface area contributed by atoms with Crippen molar-refractivity contribution in [1.82, 2.24) is 0 Å². The van der Waals surface area contributed by atoms with Crippen LogP contribution >= 0.6 is 6.72 Å². The molecule has 0 aliphatic heterocycles. The van der Waals surface area contributed by atoms with E-state index in [-0.39, 0.29) is 13.2 Å². The van der Waals surface area contributed by atoms with E-state index in [9.17, 15) is 0 Å². The van der Waals surface area contributed by atoms with Gasteiger partial charge in [0.05, 0.1) is 6.61 Å². The average molecular weight is 218 g/mol. The summed E-state index contributed by atoms with van der Waals surface area (Å²) in [4.78, 5) is 0. The molecule has 72 valence electrons. The molecular formula is C8H11O3PS. The smallest absolute Gasteiger partial charge is 0.309 e. The van der Waals surface area contributed by atoms with E-state index < -0.39 is 6.72 Å². The molecule has 0 aliphatic carbocycles. The summed E-state index contributed by atoms with van der Waals surface area (Å²) in [7, 11) is 0. The van der Waals surface area contributed by atoms with Gasteiger partial charge in [-0.15, -0.1) is 12.8 Å². The van der Waals surface area contributed by atoms with Gasteiger partial charge < -0.3 is 4.52 Å².